The van der Waals surface area contributed by atoms with Crippen LogP contribution in [0.15, 0.2) is 11.8 Å². The third-order valence-electron chi connectivity index (χ3n) is 1.56. The second kappa shape index (κ2) is 6.20. The Bertz CT molecular complexity index is 224. The van der Waals surface area contributed by atoms with Crippen molar-refractivity contribution in [3.8, 4) is 0 Å². The van der Waals surface area contributed by atoms with Crippen LogP contribution in [-0.2, 0) is 13.6 Å². The molecule has 15 heavy (non-hydrogen) atoms. The summed E-state index contributed by atoms with van der Waals surface area (Å²) in [5, 5.41) is 0. The molecular weight excluding hydrogens is 208 g/mol. The van der Waals surface area contributed by atoms with E-state index in [9.17, 15) is 4.79 Å². The molecule has 0 aromatic heterocycles. The molecule has 0 bridgehead atoms. The second-order valence-electron chi connectivity index (χ2n) is 4.29. The van der Waals surface area contributed by atoms with E-state index in [0.717, 1.165) is 0 Å². The van der Waals surface area contributed by atoms with Gasteiger partial charge in [0.15, 0.2) is 5.78 Å². The van der Waals surface area contributed by atoms with Crippen LogP contribution in [0.1, 0.15) is 34.6 Å². The highest BCUT2D eigenvalue weighted by molar-refractivity contribution is 6.71. The average Bonchev–Trinajstić information content (AvgIpc) is 1.97. The number of allylic oxidation sites excluding steroid dienone is 1. The van der Waals surface area contributed by atoms with E-state index < -0.39 is 8.56 Å². The molecule has 4 heteroatoms. The van der Waals surface area contributed by atoms with Crippen LogP contribution >= 0.6 is 0 Å². The Balaban J connectivity index is 4.61. The second-order valence-corrected chi connectivity index (χ2v) is 7.13. The number of ketones is 1. The van der Waals surface area contributed by atoms with Gasteiger partial charge in [-0.2, -0.15) is 0 Å². The van der Waals surface area contributed by atoms with Crippen molar-refractivity contribution in [3.63, 3.8) is 0 Å². The van der Waals surface area contributed by atoms with E-state index >= 15 is 0 Å². The van der Waals surface area contributed by atoms with Crippen molar-refractivity contribution in [2.45, 2.75) is 53.4 Å². The summed E-state index contributed by atoms with van der Waals surface area (Å²) in [5.74, 6) is 0.0217. The summed E-state index contributed by atoms with van der Waals surface area (Å²) in [6.07, 6.45) is 1.76. The quantitative estimate of drug-likeness (QED) is 0.520. The van der Waals surface area contributed by atoms with Gasteiger partial charge in [0.25, 0.3) is 0 Å². The first-order valence-corrected chi connectivity index (χ1v) is 7.70. The van der Waals surface area contributed by atoms with Gasteiger partial charge in [0.05, 0.1) is 0 Å². The van der Waals surface area contributed by atoms with Crippen LogP contribution in [0.2, 0.25) is 6.55 Å². The lowest BCUT2D eigenvalue weighted by Gasteiger charge is -2.28. The fourth-order valence-corrected chi connectivity index (χ4v) is 3.93. The minimum atomic E-state index is -2.34. The Labute approximate surface area is 93.7 Å². The zero-order valence-corrected chi connectivity index (χ0v) is 11.5. The van der Waals surface area contributed by atoms with Crippen molar-refractivity contribution in [1.82, 2.24) is 0 Å². The highest BCUT2D eigenvalue weighted by atomic mass is 28.4. The fraction of sp³-hybridized carbons (Fsp3) is 0.727. The van der Waals surface area contributed by atoms with Crippen LogP contribution < -0.4 is 0 Å². The molecule has 0 aromatic carbocycles. The van der Waals surface area contributed by atoms with Crippen LogP contribution in [0.25, 0.3) is 0 Å². The largest absolute Gasteiger partial charge is 0.389 e. The summed E-state index contributed by atoms with van der Waals surface area (Å²) < 4.78 is 11.6. The standard InChI is InChI=1S/C11H22O3Si/c1-9(2)13-15(6,14-10(3)4)8-7-11(5)12/h7-10H,1-6H3/b8-7+. The monoisotopic (exact) mass is 230 g/mol. The number of rotatable bonds is 6. The normalized spacial score (nSPS) is 13.1. The Hall–Kier alpha value is -0.453. The molecule has 0 aliphatic rings. The maximum atomic E-state index is 10.9. The topological polar surface area (TPSA) is 35.5 Å². The predicted molar refractivity (Wildman–Crippen MR) is 63.9 cm³/mol. The van der Waals surface area contributed by atoms with Crippen molar-refractivity contribution < 1.29 is 13.6 Å². The van der Waals surface area contributed by atoms with Gasteiger partial charge in [-0.25, -0.2) is 0 Å². The zero-order chi connectivity index (χ0) is 12.1. The summed E-state index contributed by atoms with van der Waals surface area (Å²) in [4.78, 5) is 10.9. The van der Waals surface area contributed by atoms with Gasteiger partial charge in [-0.05, 0) is 52.9 Å². The van der Waals surface area contributed by atoms with Gasteiger partial charge >= 0.3 is 8.56 Å². The van der Waals surface area contributed by atoms with E-state index in [1.54, 1.807) is 5.70 Å². The maximum Gasteiger partial charge on any atom is 0.362 e. The lowest BCUT2D eigenvalue weighted by molar-refractivity contribution is -0.112. The average molecular weight is 230 g/mol. The molecule has 0 aliphatic heterocycles. The van der Waals surface area contributed by atoms with Crippen LogP contribution in [0.3, 0.4) is 0 Å². The summed E-state index contributed by atoms with van der Waals surface area (Å²) in [5.41, 5.74) is 1.80. The van der Waals surface area contributed by atoms with Gasteiger partial charge in [-0.3, -0.25) is 4.79 Å². The molecule has 0 rings (SSSR count). The zero-order valence-electron chi connectivity index (χ0n) is 10.5. The molecule has 0 heterocycles. The maximum absolute atomic E-state index is 10.9. The smallest absolute Gasteiger partial charge is 0.362 e. The van der Waals surface area contributed by atoms with Gasteiger partial charge in [-0.1, -0.05) is 0 Å². The van der Waals surface area contributed by atoms with Gasteiger partial charge in [0, 0.05) is 12.2 Å². The molecular formula is C11H22O3Si. The summed E-state index contributed by atoms with van der Waals surface area (Å²) in [6, 6.07) is 0. The first kappa shape index (κ1) is 14.5. The van der Waals surface area contributed by atoms with Crippen molar-refractivity contribution >= 4 is 14.3 Å². The van der Waals surface area contributed by atoms with E-state index in [-0.39, 0.29) is 18.0 Å². The third kappa shape index (κ3) is 7.47. The first-order valence-electron chi connectivity index (χ1n) is 5.30. The van der Waals surface area contributed by atoms with Crippen LogP contribution in [0.4, 0.5) is 0 Å². The molecule has 0 aromatic rings. The Morgan fingerprint density at radius 2 is 1.53 bits per heavy atom. The molecule has 0 unspecified atom stereocenters. The molecule has 0 atom stereocenters. The first-order chi connectivity index (χ1) is 6.75. The number of hydrogen-bond acceptors (Lipinski definition) is 3. The van der Waals surface area contributed by atoms with E-state index in [0.29, 0.717) is 0 Å². The van der Waals surface area contributed by atoms with E-state index in [1.165, 1.54) is 13.0 Å². The molecule has 0 aliphatic carbocycles. The number of carbonyl (C=O) groups is 1. The molecule has 0 amide bonds. The highest BCUT2D eigenvalue weighted by Crippen LogP contribution is 2.14. The minimum Gasteiger partial charge on any atom is -0.389 e. The molecule has 0 spiro atoms. The molecule has 0 saturated carbocycles. The number of hydrogen-bond donors (Lipinski definition) is 0. The van der Waals surface area contributed by atoms with Gasteiger partial charge in [-0.15, -0.1) is 0 Å². The highest BCUT2D eigenvalue weighted by Gasteiger charge is 2.30. The summed E-state index contributed by atoms with van der Waals surface area (Å²) >= 11 is 0. The summed E-state index contributed by atoms with van der Waals surface area (Å²) in [7, 11) is -2.34. The molecule has 0 saturated heterocycles. The Morgan fingerprint density at radius 1 is 1.13 bits per heavy atom. The molecule has 0 radical (unpaired) electrons. The minimum absolute atomic E-state index is 0.0217. The lowest BCUT2D eigenvalue weighted by atomic mass is 10.5. The van der Waals surface area contributed by atoms with Crippen LogP contribution in [-0.4, -0.2) is 26.6 Å². The SMILES string of the molecule is CC(=O)/C=C/[Si](C)(OC(C)C)OC(C)C. The van der Waals surface area contributed by atoms with Gasteiger partial charge < -0.3 is 8.85 Å². The van der Waals surface area contributed by atoms with Crippen LogP contribution in [0, 0.1) is 0 Å². The number of carbonyl (C=O) groups excluding carboxylic acids is 1. The van der Waals surface area contributed by atoms with E-state index in [4.69, 9.17) is 8.85 Å². The molecule has 88 valence electrons. The van der Waals surface area contributed by atoms with E-state index in [1.807, 2.05) is 34.2 Å². The van der Waals surface area contributed by atoms with Gasteiger partial charge in [0.1, 0.15) is 0 Å². The lowest BCUT2D eigenvalue weighted by Crippen LogP contribution is -2.41. The molecule has 0 fully saturated rings. The van der Waals surface area contributed by atoms with Crippen molar-refractivity contribution in [3.05, 3.63) is 11.8 Å². The predicted octanol–water partition coefficient (Wildman–Crippen LogP) is 2.59. The molecule has 0 N–H and O–H groups in total. The Morgan fingerprint density at radius 3 is 1.80 bits per heavy atom. The Kier molecular flexibility index (Phi) is 6.01. The summed E-state index contributed by atoms with van der Waals surface area (Å²) in [6.45, 7) is 11.3. The molecule has 3 nitrogen and oxygen atoms in total. The van der Waals surface area contributed by atoms with Crippen LogP contribution in [0.5, 0.6) is 0 Å². The third-order valence-corrected chi connectivity index (χ3v) is 4.21. The van der Waals surface area contributed by atoms with Crippen molar-refractivity contribution in [2.24, 2.45) is 0 Å². The van der Waals surface area contributed by atoms with Gasteiger partial charge in [0.2, 0.25) is 0 Å². The van der Waals surface area contributed by atoms with Crippen molar-refractivity contribution in [1.29, 1.82) is 0 Å². The van der Waals surface area contributed by atoms with E-state index in [2.05, 4.69) is 0 Å². The fourth-order valence-electron chi connectivity index (χ4n) is 1.31. The van der Waals surface area contributed by atoms with Crippen molar-refractivity contribution in [2.75, 3.05) is 0 Å².